The zero-order valence-corrected chi connectivity index (χ0v) is 23.9. The van der Waals surface area contributed by atoms with E-state index in [4.69, 9.17) is 22.4 Å². The lowest BCUT2D eigenvalue weighted by Crippen LogP contribution is -2.52. The fraction of sp³-hybridized carbons (Fsp3) is 0.667. The van der Waals surface area contributed by atoms with Crippen molar-refractivity contribution in [3.63, 3.8) is 0 Å². The molecule has 0 heterocycles. The van der Waals surface area contributed by atoms with Crippen LogP contribution in [0.5, 0.6) is 0 Å². The van der Waals surface area contributed by atoms with Gasteiger partial charge in [0.15, 0.2) is 0 Å². The Kier molecular flexibility index (Phi) is 13.7. The monoisotopic (exact) mass is 533 g/mol. The number of carboxylic acid groups (broad SMARTS) is 1. The maximum absolute atomic E-state index is 11.9. The molecule has 1 fully saturated rings. The number of aliphatic carboxylic acids is 1. The molecule has 2 atom stereocenters. The first-order valence-corrected chi connectivity index (χ1v) is 14.5. The first-order chi connectivity index (χ1) is 17.7. The van der Waals surface area contributed by atoms with E-state index in [2.05, 4.69) is 31.3 Å². The molecule has 0 radical (unpaired) electrons. The van der Waals surface area contributed by atoms with E-state index in [9.17, 15) is 9.59 Å². The summed E-state index contributed by atoms with van der Waals surface area (Å²) < 4.78 is 0. The summed E-state index contributed by atoms with van der Waals surface area (Å²) in [5.74, 6) is 0.0378. The quantitative estimate of drug-likeness (QED) is 0.119. The number of carbonyl (C=O) groups is 2. The van der Waals surface area contributed by atoms with E-state index in [1.165, 1.54) is 32.1 Å². The molecule has 6 nitrogen and oxygen atoms in total. The van der Waals surface area contributed by atoms with Crippen molar-refractivity contribution in [2.24, 2.45) is 17.6 Å². The Balaban J connectivity index is 2.30. The fourth-order valence-corrected chi connectivity index (χ4v) is 5.70. The van der Waals surface area contributed by atoms with E-state index in [-0.39, 0.29) is 12.3 Å². The fourth-order valence-electron chi connectivity index (χ4n) is 5.42. The number of carboxylic acids is 1. The van der Waals surface area contributed by atoms with Gasteiger partial charge < -0.3 is 15.7 Å². The summed E-state index contributed by atoms with van der Waals surface area (Å²) in [5.41, 5.74) is 9.07. The molecule has 1 unspecified atom stereocenters. The van der Waals surface area contributed by atoms with Crippen LogP contribution in [0.4, 0.5) is 0 Å². The van der Waals surface area contributed by atoms with E-state index in [1.54, 1.807) is 4.90 Å². The predicted molar refractivity (Wildman–Crippen MR) is 152 cm³/mol. The molecule has 1 aromatic rings. The van der Waals surface area contributed by atoms with Crippen molar-refractivity contribution in [1.29, 1.82) is 0 Å². The number of benzene rings is 1. The van der Waals surface area contributed by atoms with Crippen LogP contribution in [0.2, 0.25) is 5.02 Å². The smallest absolute Gasteiger partial charge is 0.303 e. The van der Waals surface area contributed by atoms with Crippen LogP contribution in [0.25, 0.3) is 0 Å². The Hall–Kier alpha value is -1.89. The van der Waals surface area contributed by atoms with E-state index in [1.807, 2.05) is 19.3 Å². The van der Waals surface area contributed by atoms with Gasteiger partial charge in [-0.2, -0.15) is 0 Å². The average Bonchev–Trinajstić information content (AvgIpc) is 2.90. The van der Waals surface area contributed by atoms with Gasteiger partial charge in [-0.25, -0.2) is 0 Å². The van der Waals surface area contributed by atoms with Crippen molar-refractivity contribution in [3.8, 4) is 0 Å². The number of nitrogens with two attached hydrogens (primary N) is 1. The van der Waals surface area contributed by atoms with Crippen LogP contribution in [0, 0.1) is 11.8 Å². The second-order valence-corrected chi connectivity index (χ2v) is 11.2. The molecule has 4 N–H and O–H groups in total. The van der Waals surface area contributed by atoms with Gasteiger partial charge in [0, 0.05) is 24.2 Å². The molecule has 1 saturated carbocycles. The van der Waals surface area contributed by atoms with Crippen molar-refractivity contribution in [3.05, 3.63) is 46.1 Å². The molecular formula is C30H48ClN3O3. The lowest BCUT2D eigenvalue weighted by atomic mass is 9.76. The van der Waals surface area contributed by atoms with E-state index in [0.717, 1.165) is 66.7 Å². The van der Waals surface area contributed by atoms with Gasteiger partial charge in [-0.15, -0.1) is 0 Å². The van der Waals surface area contributed by atoms with Gasteiger partial charge in [0.1, 0.15) is 5.66 Å². The van der Waals surface area contributed by atoms with Gasteiger partial charge in [0.2, 0.25) is 6.41 Å². The van der Waals surface area contributed by atoms with Crippen LogP contribution < -0.4 is 11.1 Å². The SMILES string of the molecule is CCCCCC(C)CCc1ccc([C@](N)(NC)/C(=C\N(C=O)CCCC(=O)O)C2CCCCC2)cc1Cl. The van der Waals surface area contributed by atoms with E-state index < -0.39 is 11.6 Å². The van der Waals surface area contributed by atoms with Crippen LogP contribution in [-0.2, 0) is 21.7 Å². The molecule has 1 aliphatic carbocycles. The average molecular weight is 534 g/mol. The number of nitrogens with one attached hydrogen (secondary N) is 1. The third-order valence-electron chi connectivity index (χ3n) is 7.86. The molecule has 37 heavy (non-hydrogen) atoms. The summed E-state index contributed by atoms with van der Waals surface area (Å²) in [6, 6.07) is 6.13. The topological polar surface area (TPSA) is 95.7 Å². The van der Waals surface area contributed by atoms with Crippen LogP contribution >= 0.6 is 11.6 Å². The number of hydrogen-bond donors (Lipinski definition) is 3. The Labute approximate surface area is 229 Å². The lowest BCUT2D eigenvalue weighted by Gasteiger charge is -2.39. The van der Waals surface area contributed by atoms with Crippen molar-refractivity contribution >= 4 is 24.0 Å². The normalized spacial score (nSPS) is 17.3. The largest absolute Gasteiger partial charge is 0.481 e. The highest BCUT2D eigenvalue weighted by Crippen LogP contribution is 2.39. The highest BCUT2D eigenvalue weighted by molar-refractivity contribution is 6.31. The number of rotatable bonds is 17. The van der Waals surface area contributed by atoms with E-state index in [0.29, 0.717) is 18.9 Å². The Bertz CT molecular complexity index is 885. The highest BCUT2D eigenvalue weighted by Gasteiger charge is 2.36. The Morgan fingerprint density at radius 1 is 1.24 bits per heavy atom. The summed E-state index contributed by atoms with van der Waals surface area (Å²) >= 11 is 6.80. The Morgan fingerprint density at radius 3 is 2.57 bits per heavy atom. The molecule has 1 amide bonds. The number of nitrogens with zero attached hydrogens (tertiary/aromatic N) is 1. The lowest BCUT2D eigenvalue weighted by molar-refractivity contribution is -0.137. The molecule has 2 rings (SSSR count). The Morgan fingerprint density at radius 2 is 1.97 bits per heavy atom. The van der Waals surface area contributed by atoms with Crippen LogP contribution in [0.1, 0.15) is 102 Å². The summed E-state index contributed by atoms with van der Waals surface area (Å²) in [4.78, 5) is 24.4. The molecule has 0 spiro atoms. The van der Waals surface area contributed by atoms with Gasteiger partial charge in [-0.1, -0.05) is 82.5 Å². The van der Waals surface area contributed by atoms with Gasteiger partial charge in [0.25, 0.3) is 0 Å². The highest BCUT2D eigenvalue weighted by atomic mass is 35.5. The maximum atomic E-state index is 11.9. The van der Waals surface area contributed by atoms with Crippen LogP contribution in [0.3, 0.4) is 0 Å². The van der Waals surface area contributed by atoms with Gasteiger partial charge in [-0.3, -0.25) is 14.9 Å². The zero-order chi connectivity index (χ0) is 27.3. The number of aryl methyl sites for hydroxylation is 1. The first kappa shape index (κ1) is 31.3. The molecule has 1 aromatic carbocycles. The second-order valence-electron chi connectivity index (χ2n) is 10.8. The number of hydrogen-bond acceptors (Lipinski definition) is 4. The molecule has 0 bridgehead atoms. The molecule has 7 heteroatoms. The molecular weight excluding hydrogens is 486 g/mol. The van der Waals surface area contributed by atoms with Crippen LogP contribution in [0.15, 0.2) is 30.0 Å². The number of unbranched alkanes of at least 4 members (excludes halogenated alkanes) is 2. The standard InChI is InChI=1S/C30H48ClN3O3/c1-4-5-7-11-23(2)15-16-25-17-18-26(20-28(25)31)30(32,33-3)27(24-12-8-6-9-13-24)21-34(22-35)19-10-14-29(36)37/h17-18,20-24,33H,4-16,19,32H2,1-3H3,(H,36,37)/b27-21-/t23?,30-/m0/s1. The minimum absolute atomic E-state index is 0.0189. The summed E-state index contributed by atoms with van der Waals surface area (Å²) in [5, 5.41) is 13.1. The molecule has 0 aliphatic heterocycles. The van der Waals surface area contributed by atoms with Gasteiger partial charge >= 0.3 is 5.97 Å². The number of carbonyl (C=O) groups excluding carboxylic acids is 1. The minimum atomic E-state index is -0.994. The molecule has 1 aliphatic rings. The summed E-state index contributed by atoms with van der Waals surface area (Å²) in [7, 11) is 1.84. The molecule has 0 aromatic heterocycles. The van der Waals surface area contributed by atoms with Crippen molar-refractivity contribution in [2.75, 3.05) is 13.6 Å². The van der Waals surface area contributed by atoms with Crippen LogP contribution in [-0.4, -0.2) is 36.0 Å². The van der Waals surface area contributed by atoms with Crippen molar-refractivity contribution in [2.45, 2.75) is 103 Å². The number of likely N-dealkylation sites (N-methyl/N-ethyl adjacent to an activating group) is 1. The van der Waals surface area contributed by atoms with Gasteiger partial charge in [-0.05, 0) is 73.8 Å². The van der Waals surface area contributed by atoms with Crippen molar-refractivity contribution in [1.82, 2.24) is 10.2 Å². The van der Waals surface area contributed by atoms with Gasteiger partial charge in [0.05, 0.1) is 0 Å². The summed E-state index contributed by atoms with van der Waals surface area (Å²) in [6.07, 6.45) is 15.6. The van der Waals surface area contributed by atoms with Crippen molar-refractivity contribution < 1.29 is 14.7 Å². The first-order valence-electron chi connectivity index (χ1n) is 14.2. The zero-order valence-electron chi connectivity index (χ0n) is 23.1. The third-order valence-corrected chi connectivity index (χ3v) is 8.21. The third kappa shape index (κ3) is 9.73. The second kappa shape index (κ2) is 16.2. The predicted octanol–water partition coefficient (Wildman–Crippen LogP) is 6.61. The molecule has 0 saturated heterocycles. The number of halogens is 1. The number of amides is 1. The summed E-state index contributed by atoms with van der Waals surface area (Å²) in [6.45, 7) is 4.89. The maximum Gasteiger partial charge on any atom is 0.303 e. The minimum Gasteiger partial charge on any atom is -0.481 e. The molecule has 208 valence electrons. The van der Waals surface area contributed by atoms with E-state index >= 15 is 0 Å².